The van der Waals surface area contributed by atoms with E-state index in [4.69, 9.17) is 0 Å². The summed E-state index contributed by atoms with van der Waals surface area (Å²) in [6.07, 6.45) is 4.19. The lowest BCUT2D eigenvalue weighted by Crippen LogP contribution is -2.42. The Kier molecular flexibility index (Phi) is 4.38. The molecule has 0 N–H and O–H groups in total. The molecule has 3 heterocycles. The summed E-state index contributed by atoms with van der Waals surface area (Å²) >= 11 is 1.35. The van der Waals surface area contributed by atoms with E-state index in [0.717, 1.165) is 0 Å². The van der Waals surface area contributed by atoms with Crippen molar-refractivity contribution >= 4 is 28.0 Å². The predicted octanol–water partition coefficient (Wildman–Crippen LogP) is 2.49. The van der Waals surface area contributed by atoms with Gasteiger partial charge in [-0.25, -0.2) is 4.98 Å². The molecular weight excluding hydrogens is 350 g/mol. The Bertz CT molecular complexity index is 1020. The normalized spacial score (nSPS) is 15.3. The monoisotopic (exact) mass is 367 g/mol. The first-order valence-corrected chi connectivity index (χ1v) is 9.36. The van der Waals surface area contributed by atoms with Gasteiger partial charge >= 0.3 is 0 Å². The third-order valence-corrected chi connectivity index (χ3v) is 5.56. The topological polar surface area (TPSA) is 71.8 Å². The van der Waals surface area contributed by atoms with Crippen LogP contribution in [-0.2, 0) is 0 Å². The molecule has 0 unspecified atom stereocenters. The minimum Gasteiger partial charge on any atom is -0.338 e. The first-order chi connectivity index (χ1) is 12.6. The van der Waals surface area contributed by atoms with Gasteiger partial charge in [-0.1, -0.05) is 30.3 Å². The summed E-state index contributed by atoms with van der Waals surface area (Å²) in [7, 11) is 0. The number of carbonyl (C=O) groups is 2. The molecule has 1 aliphatic heterocycles. The molecule has 0 bridgehead atoms. The van der Waals surface area contributed by atoms with E-state index in [-0.39, 0.29) is 28.7 Å². The van der Waals surface area contributed by atoms with Gasteiger partial charge in [-0.2, -0.15) is 0 Å². The first-order valence-electron chi connectivity index (χ1n) is 8.48. The lowest BCUT2D eigenvalue weighted by Gasteiger charge is -2.31. The summed E-state index contributed by atoms with van der Waals surface area (Å²) < 4.78 is 1.39. The number of hydrogen-bond acceptors (Lipinski definition) is 5. The van der Waals surface area contributed by atoms with Crippen molar-refractivity contribution < 1.29 is 9.59 Å². The van der Waals surface area contributed by atoms with Crippen LogP contribution in [0.4, 0.5) is 0 Å². The molecule has 2 aromatic heterocycles. The van der Waals surface area contributed by atoms with Crippen LogP contribution in [0, 0.1) is 5.92 Å². The standard InChI is InChI=1S/C19H17N3O3S/c23-16(13-4-2-1-3-5-13)14-6-8-21(9-7-14)17(24)15-12-20-19-22(18(15)25)10-11-26-19/h1-5,10-12,14H,6-9H2. The van der Waals surface area contributed by atoms with Crippen molar-refractivity contribution in [2.45, 2.75) is 12.8 Å². The Labute approximate surface area is 153 Å². The smallest absolute Gasteiger partial charge is 0.271 e. The second-order valence-corrected chi connectivity index (χ2v) is 7.20. The third-order valence-electron chi connectivity index (χ3n) is 4.78. The summed E-state index contributed by atoms with van der Waals surface area (Å²) in [6, 6.07) is 9.24. The minimum atomic E-state index is -0.344. The molecule has 132 valence electrons. The fraction of sp³-hybridized carbons (Fsp3) is 0.263. The highest BCUT2D eigenvalue weighted by atomic mass is 32.1. The SMILES string of the molecule is O=C(c1ccccc1)C1CCN(C(=O)c2cnc3sccn3c2=O)CC1. The van der Waals surface area contributed by atoms with E-state index in [0.29, 0.717) is 36.5 Å². The van der Waals surface area contributed by atoms with Crippen molar-refractivity contribution in [1.82, 2.24) is 14.3 Å². The lowest BCUT2D eigenvalue weighted by molar-refractivity contribution is 0.0648. The van der Waals surface area contributed by atoms with Crippen molar-refractivity contribution in [2.24, 2.45) is 5.92 Å². The van der Waals surface area contributed by atoms with E-state index in [9.17, 15) is 14.4 Å². The summed E-state index contributed by atoms with van der Waals surface area (Å²) in [4.78, 5) is 44.1. The first kappa shape index (κ1) is 16.7. The van der Waals surface area contributed by atoms with Gasteiger partial charge in [0.2, 0.25) is 0 Å². The van der Waals surface area contributed by atoms with Crippen molar-refractivity contribution in [3.63, 3.8) is 0 Å². The number of rotatable bonds is 3. The highest BCUT2D eigenvalue weighted by Gasteiger charge is 2.29. The average molecular weight is 367 g/mol. The zero-order valence-corrected chi connectivity index (χ0v) is 14.8. The van der Waals surface area contributed by atoms with E-state index in [1.165, 1.54) is 21.9 Å². The summed E-state index contributed by atoms with van der Waals surface area (Å²) in [5.74, 6) is -0.270. The van der Waals surface area contributed by atoms with Crippen LogP contribution in [-0.4, -0.2) is 39.1 Å². The minimum absolute atomic E-state index is 0.0775. The quantitative estimate of drug-likeness (QED) is 0.667. The van der Waals surface area contributed by atoms with Gasteiger partial charge in [0.15, 0.2) is 10.7 Å². The number of likely N-dealkylation sites (tertiary alicyclic amines) is 1. The number of aromatic nitrogens is 2. The summed E-state index contributed by atoms with van der Waals surface area (Å²) in [5.41, 5.74) is 0.445. The number of thiazole rings is 1. The van der Waals surface area contributed by atoms with Crippen molar-refractivity contribution in [2.75, 3.05) is 13.1 Å². The van der Waals surface area contributed by atoms with Crippen LogP contribution < -0.4 is 5.56 Å². The van der Waals surface area contributed by atoms with E-state index >= 15 is 0 Å². The van der Waals surface area contributed by atoms with E-state index in [1.807, 2.05) is 30.3 Å². The summed E-state index contributed by atoms with van der Waals surface area (Å²) in [6.45, 7) is 0.932. The van der Waals surface area contributed by atoms with E-state index < -0.39 is 0 Å². The molecule has 0 radical (unpaired) electrons. The zero-order chi connectivity index (χ0) is 18.1. The molecule has 1 saturated heterocycles. The second-order valence-electron chi connectivity index (χ2n) is 6.33. The van der Waals surface area contributed by atoms with Gasteiger partial charge in [-0.05, 0) is 12.8 Å². The maximum Gasteiger partial charge on any atom is 0.271 e. The maximum absolute atomic E-state index is 12.7. The molecule has 7 heteroatoms. The Morgan fingerprint density at radius 1 is 1.12 bits per heavy atom. The Morgan fingerprint density at radius 2 is 1.85 bits per heavy atom. The van der Waals surface area contributed by atoms with Crippen LogP contribution in [0.1, 0.15) is 33.6 Å². The molecule has 0 spiro atoms. The number of ketones is 1. The molecule has 0 atom stereocenters. The molecule has 3 aromatic rings. The maximum atomic E-state index is 12.7. The largest absolute Gasteiger partial charge is 0.338 e. The van der Waals surface area contributed by atoms with Crippen LogP contribution in [0.2, 0.25) is 0 Å². The number of fused-ring (bicyclic) bond motifs is 1. The predicted molar refractivity (Wildman–Crippen MR) is 98.7 cm³/mol. The molecule has 1 fully saturated rings. The van der Waals surface area contributed by atoms with Crippen LogP contribution in [0.15, 0.2) is 52.9 Å². The highest BCUT2D eigenvalue weighted by molar-refractivity contribution is 7.15. The second kappa shape index (κ2) is 6.84. The number of Topliss-reactive ketones (excluding diaryl/α,β-unsaturated/α-hetero) is 1. The number of amides is 1. The van der Waals surface area contributed by atoms with Gasteiger partial charge in [0, 0.05) is 42.3 Å². The van der Waals surface area contributed by atoms with Gasteiger partial charge < -0.3 is 4.90 Å². The molecular formula is C19H17N3O3S. The van der Waals surface area contributed by atoms with Crippen molar-refractivity contribution in [3.05, 3.63) is 69.6 Å². The Balaban J connectivity index is 1.47. The average Bonchev–Trinajstić information content (AvgIpc) is 3.18. The van der Waals surface area contributed by atoms with Gasteiger partial charge in [-0.15, -0.1) is 11.3 Å². The number of hydrogen-bond donors (Lipinski definition) is 0. The molecule has 1 aromatic carbocycles. The van der Waals surface area contributed by atoms with Gasteiger partial charge in [0.25, 0.3) is 11.5 Å². The van der Waals surface area contributed by atoms with Crippen LogP contribution in [0.5, 0.6) is 0 Å². The molecule has 4 rings (SSSR count). The van der Waals surface area contributed by atoms with Gasteiger partial charge in [0.05, 0.1) is 0 Å². The molecule has 6 nitrogen and oxygen atoms in total. The van der Waals surface area contributed by atoms with Crippen LogP contribution in [0.3, 0.4) is 0 Å². The van der Waals surface area contributed by atoms with Crippen molar-refractivity contribution in [3.8, 4) is 0 Å². The number of carbonyl (C=O) groups excluding carboxylic acids is 2. The van der Waals surface area contributed by atoms with E-state index in [2.05, 4.69) is 4.98 Å². The fourth-order valence-corrected chi connectivity index (χ4v) is 4.00. The lowest BCUT2D eigenvalue weighted by atomic mass is 9.89. The highest BCUT2D eigenvalue weighted by Crippen LogP contribution is 2.22. The third kappa shape index (κ3) is 2.94. The van der Waals surface area contributed by atoms with Gasteiger partial charge in [-0.3, -0.25) is 18.8 Å². The summed E-state index contributed by atoms with van der Waals surface area (Å²) in [5, 5.41) is 1.76. The zero-order valence-electron chi connectivity index (χ0n) is 14.0. The Hall–Kier alpha value is -2.80. The number of benzene rings is 1. The molecule has 0 saturated carbocycles. The van der Waals surface area contributed by atoms with Crippen LogP contribution >= 0.6 is 11.3 Å². The Morgan fingerprint density at radius 3 is 2.58 bits per heavy atom. The van der Waals surface area contributed by atoms with Crippen molar-refractivity contribution in [1.29, 1.82) is 0 Å². The van der Waals surface area contributed by atoms with Crippen LogP contribution in [0.25, 0.3) is 4.96 Å². The molecule has 26 heavy (non-hydrogen) atoms. The number of nitrogens with zero attached hydrogens (tertiary/aromatic N) is 3. The molecule has 0 aliphatic carbocycles. The molecule has 1 amide bonds. The number of piperidine rings is 1. The molecule has 1 aliphatic rings. The van der Waals surface area contributed by atoms with Gasteiger partial charge in [0.1, 0.15) is 5.56 Å². The van der Waals surface area contributed by atoms with E-state index in [1.54, 1.807) is 16.5 Å². The fourth-order valence-electron chi connectivity index (χ4n) is 3.32.